The molecule has 1 saturated heterocycles. The van der Waals surface area contributed by atoms with E-state index in [0.29, 0.717) is 6.42 Å². The molecule has 0 aliphatic carbocycles. The largest absolute Gasteiger partial charge is 0.394 e. The van der Waals surface area contributed by atoms with Gasteiger partial charge in [0.05, 0.1) is 25.4 Å². The molecule has 90 heavy (non-hydrogen) atoms. The lowest BCUT2D eigenvalue weighted by atomic mass is 9.99. The molecule has 7 atom stereocenters. The van der Waals surface area contributed by atoms with Crippen molar-refractivity contribution in [2.45, 2.75) is 384 Å². The number of hydrogen-bond acceptors (Lipinski definition) is 8. The van der Waals surface area contributed by atoms with Crippen LogP contribution in [0.15, 0.2) is 109 Å². The van der Waals surface area contributed by atoms with Crippen molar-refractivity contribution >= 4 is 5.91 Å². The monoisotopic (exact) mass is 1260 g/mol. The molecule has 1 rings (SSSR count). The van der Waals surface area contributed by atoms with Gasteiger partial charge in [-0.2, -0.15) is 0 Å². The normalized spacial score (nSPS) is 18.4. The van der Waals surface area contributed by atoms with Gasteiger partial charge in [0.15, 0.2) is 6.29 Å². The number of carbonyl (C=O) groups is 1. The number of amides is 1. The smallest absolute Gasteiger partial charge is 0.220 e. The molecule has 0 aromatic heterocycles. The Hall–Kier alpha value is -3.15. The van der Waals surface area contributed by atoms with Gasteiger partial charge < -0.3 is 40.3 Å². The first kappa shape index (κ1) is 84.9. The SMILES string of the molecule is CC/C=C\C/C=C\C/C=C\C/C=C\C/C=C\C/C=C\CCCCCCCCCCCCCCCCCCCCCCC(=O)NC(COC1OC(CO)C(O)C(O)C1O)C(O)/C=C/CC/C=C/CC/C=C/CCCCCCCCCCCCCCCCCCCC. The zero-order valence-electron chi connectivity index (χ0n) is 58.4. The van der Waals surface area contributed by atoms with Crippen molar-refractivity contribution < 1.29 is 39.8 Å². The van der Waals surface area contributed by atoms with Crippen molar-refractivity contribution in [1.29, 1.82) is 0 Å². The minimum atomic E-state index is -1.58. The lowest BCUT2D eigenvalue weighted by Gasteiger charge is -2.40. The summed E-state index contributed by atoms with van der Waals surface area (Å²) in [5, 5.41) is 54.8. The van der Waals surface area contributed by atoms with Crippen LogP contribution in [0, 0.1) is 0 Å². The molecule has 0 bridgehead atoms. The summed E-state index contributed by atoms with van der Waals surface area (Å²) in [6.45, 7) is 3.68. The molecule has 1 fully saturated rings. The van der Waals surface area contributed by atoms with Crippen LogP contribution in [0.25, 0.3) is 0 Å². The molecular formula is C81H143NO8. The molecule has 9 heteroatoms. The second kappa shape index (κ2) is 68.7. The Kier molecular flexibility index (Phi) is 64.8. The molecule has 1 aliphatic rings. The number of nitrogens with one attached hydrogen (secondary N) is 1. The van der Waals surface area contributed by atoms with Gasteiger partial charge in [-0.3, -0.25) is 4.79 Å². The minimum Gasteiger partial charge on any atom is -0.394 e. The van der Waals surface area contributed by atoms with Crippen molar-refractivity contribution in [3.63, 3.8) is 0 Å². The molecule has 0 saturated carbocycles. The standard InChI is InChI=1S/C81H143NO8/c1-3-5-7-9-11-13-15-17-19-21-23-25-27-29-31-33-34-35-36-37-38-39-40-41-42-43-45-47-49-51-53-55-57-59-61-63-65-67-69-71-77(85)82-74(73-89-81-80(88)79(87)78(86)76(72-83)90-81)75(84)70-68-66-64-62-60-58-56-54-52-50-48-46-44-32-30-28-26-24-22-20-18-16-14-12-10-8-6-4-2/h5,7,11,13,17,19,23,25,29,31,34-35,52,54,60,62,68,70,74-76,78-81,83-84,86-88H,3-4,6,8-10,12,14-16,18,20-22,24,26-28,30,32-33,36-51,53,55-59,61,63-67,69,71-73H2,1-2H3,(H,82,85)/b7-5-,13-11-,19-17-,25-23-,31-29-,35-34-,54-52+,62-60+,70-68+. The van der Waals surface area contributed by atoms with E-state index in [4.69, 9.17) is 9.47 Å². The molecule has 520 valence electrons. The number of ether oxygens (including phenoxy) is 2. The van der Waals surface area contributed by atoms with Crippen molar-refractivity contribution in [2.24, 2.45) is 0 Å². The summed E-state index contributed by atoms with van der Waals surface area (Å²) in [6.07, 6.45) is 95.1. The number of aliphatic hydroxyl groups is 5. The summed E-state index contributed by atoms with van der Waals surface area (Å²) in [7, 11) is 0. The fourth-order valence-corrected chi connectivity index (χ4v) is 11.7. The van der Waals surface area contributed by atoms with Gasteiger partial charge >= 0.3 is 0 Å². The summed E-state index contributed by atoms with van der Waals surface area (Å²) in [5.41, 5.74) is 0. The van der Waals surface area contributed by atoms with E-state index in [-0.39, 0.29) is 12.5 Å². The highest BCUT2D eigenvalue weighted by Gasteiger charge is 2.44. The summed E-state index contributed by atoms with van der Waals surface area (Å²) in [4.78, 5) is 13.2. The Bertz CT molecular complexity index is 1800. The number of aliphatic hydroxyl groups excluding tert-OH is 5. The third-order valence-electron chi connectivity index (χ3n) is 17.6. The van der Waals surface area contributed by atoms with Crippen LogP contribution in [0.2, 0.25) is 0 Å². The molecule has 9 nitrogen and oxygen atoms in total. The lowest BCUT2D eigenvalue weighted by molar-refractivity contribution is -0.302. The number of carbonyl (C=O) groups excluding carboxylic acids is 1. The molecule has 0 radical (unpaired) electrons. The van der Waals surface area contributed by atoms with E-state index in [1.54, 1.807) is 6.08 Å². The van der Waals surface area contributed by atoms with E-state index in [1.807, 2.05) is 6.08 Å². The highest BCUT2D eigenvalue weighted by Crippen LogP contribution is 2.23. The number of unbranched alkanes of at least 4 members (excludes halogenated alkanes) is 40. The average Bonchev–Trinajstić information content (AvgIpc) is 2.75. The summed E-state index contributed by atoms with van der Waals surface area (Å²) >= 11 is 0. The van der Waals surface area contributed by atoms with Crippen LogP contribution in [0.4, 0.5) is 0 Å². The Morgan fingerprint density at radius 3 is 1.07 bits per heavy atom. The predicted molar refractivity (Wildman–Crippen MR) is 387 cm³/mol. The molecule has 1 aliphatic heterocycles. The van der Waals surface area contributed by atoms with Gasteiger partial charge in [-0.25, -0.2) is 0 Å². The third-order valence-corrected chi connectivity index (χ3v) is 17.6. The van der Waals surface area contributed by atoms with Gasteiger partial charge in [0, 0.05) is 6.42 Å². The van der Waals surface area contributed by atoms with Crippen LogP contribution in [0.5, 0.6) is 0 Å². The Morgan fingerprint density at radius 2 is 0.700 bits per heavy atom. The molecule has 0 aromatic rings. The quantitative estimate of drug-likeness (QED) is 0.0261. The highest BCUT2D eigenvalue weighted by atomic mass is 16.7. The number of hydrogen-bond donors (Lipinski definition) is 6. The van der Waals surface area contributed by atoms with Gasteiger partial charge in [0.2, 0.25) is 5.91 Å². The summed E-state index contributed by atoms with van der Waals surface area (Å²) < 4.78 is 11.3. The van der Waals surface area contributed by atoms with Crippen molar-refractivity contribution in [3.8, 4) is 0 Å². The molecule has 1 amide bonds. The van der Waals surface area contributed by atoms with E-state index in [9.17, 15) is 30.3 Å². The maximum atomic E-state index is 13.2. The number of allylic oxidation sites excluding steroid dienone is 17. The molecule has 6 N–H and O–H groups in total. The Labute approximate surface area is 555 Å². The van der Waals surface area contributed by atoms with Crippen molar-refractivity contribution in [3.05, 3.63) is 109 Å². The average molecular weight is 1260 g/mol. The van der Waals surface area contributed by atoms with E-state index >= 15 is 0 Å². The number of rotatable bonds is 66. The van der Waals surface area contributed by atoms with E-state index < -0.39 is 49.5 Å². The van der Waals surface area contributed by atoms with Crippen LogP contribution in [-0.2, 0) is 14.3 Å². The van der Waals surface area contributed by atoms with Crippen LogP contribution in [0.1, 0.15) is 341 Å². The zero-order chi connectivity index (χ0) is 64.9. The lowest BCUT2D eigenvalue weighted by Crippen LogP contribution is -2.60. The Morgan fingerprint density at radius 1 is 0.389 bits per heavy atom. The van der Waals surface area contributed by atoms with Gasteiger partial charge in [0.25, 0.3) is 0 Å². The van der Waals surface area contributed by atoms with Crippen LogP contribution in [0.3, 0.4) is 0 Å². The van der Waals surface area contributed by atoms with Gasteiger partial charge in [0.1, 0.15) is 24.4 Å². The maximum absolute atomic E-state index is 13.2. The first-order valence-electron chi connectivity index (χ1n) is 38.1. The van der Waals surface area contributed by atoms with Crippen molar-refractivity contribution in [2.75, 3.05) is 13.2 Å². The summed E-state index contributed by atoms with van der Waals surface area (Å²) in [6, 6.07) is -0.834. The minimum absolute atomic E-state index is 0.188. The van der Waals surface area contributed by atoms with E-state index in [0.717, 1.165) is 83.5 Å². The fraction of sp³-hybridized carbons (Fsp3) is 0.765. The molecule has 7 unspecified atom stereocenters. The van der Waals surface area contributed by atoms with Crippen LogP contribution in [-0.4, -0.2) is 87.5 Å². The van der Waals surface area contributed by atoms with Gasteiger partial charge in [-0.1, -0.05) is 348 Å². The van der Waals surface area contributed by atoms with E-state index in [2.05, 4.69) is 116 Å². The first-order chi connectivity index (χ1) is 44.3. The zero-order valence-corrected chi connectivity index (χ0v) is 58.4. The highest BCUT2D eigenvalue weighted by molar-refractivity contribution is 5.76. The second-order valence-corrected chi connectivity index (χ2v) is 26.0. The van der Waals surface area contributed by atoms with Crippen molar-refractivity contribution in [1.82, 2.24) is 5.32 Å². The van der Waals surface area contributed by atoms with E-state index in [1.165, 1.54) is 238 Å². The van der Waals surface area contributed by atoms with Crippen LogP contribution >= 0.6 is 0 Å². The van der Waals surface area contributed by atoms with Gasteiger partial charge in [-0.15, -0.1) is 0 Å². The fourth-order valence-electron chi connectivity index (χ4n) is 11.7. The second-order valence-electron chi connectivity index (χ2n) is 26.0. The Balaban J connectivity index is 2.11. The topological polar surface area (TPSA) is 149 Å². The molecular weight excluding hydrogens is 1110 g/mol. The first-order valence-corrected chi connectivity index (χ1v) is 38.1. The molecule has 0 aromatic carbocycles. The van der Waals surface area contributed by atoms with Crippen LogP contribution < -0.4 is 5.32 Å². The third kappa shape index (κ3) is 56.4. The molecule has 0 spiro atoms. The van der Waals surface area contributed by atoms with Gasteiger partial charge in [-0.05, 0) is 96.3 Å². The summed E-state index contributed by atoms with van der Waals surface area (Å²) in [5.74, 6) is -0.188. The predicted octanol–water partition coefficient (Wildman–Crippen LogP) is 21.6. The molecule has 1 heterocycles. The maximum Gasteiger partial charge on any atom is 0.220 e.